The molecule has 1 aromatic rings. The highest BCUT2D eigenvalue weighted by molar-refractivity contribution is 5.95. The van der Waals surface area contributed by atoms with E-state index in [4.69, 9.17) is 4.74 Å². The van der Waals surface area contributed by atoms with Crippen molar-refractivity contribution in [2.24, 2.45) is 0 Å². The molecule has 1 aromatic heterocycles. The van der Waals surface area contributed by atoms with Crippen LogP contribution in [0.1, 0.15) is 41.7 Å². The van der Waals surface area contributed by atoms with Crippen molar-refractivity contribution in [1.82, 2.24) is 20.4 Å². The predicted molar refractivity (Wildman–Crippen MR) is 81.5 cm³/mol. The fraction of sp³-hybridized carbons (Fsp3) is 0.667. The fourth-order valence-corrected chi connectivity index (χ4v) is 2.85. The highest BCUT2D eigenvalue weighted by Crippen LogP contribution is 2.22. The van der Waals surface area contributed by atoms with Gasteiger partial charge in [-0.1, -0.05) is 0 Å². The molecule has 0 aromatic carbocycles. The third-order valence-corrected chi connectivity index (χ3v) is 4.02. The van der Waals surface area contributed by atoms with Crippen LogP contribution in [-0.4, -0.2) is 59.8 Å². The van der Waals surface area contributed by atoms with E-state index in [-0.39, 0.29) is 24.5 Å². The number of piperidine rings is 1. The lowest BCUT2D eigenvalue weighted by Crippen LogP contribution is -2.45. The molecule has 2 heterocycles. The zero-order valence-corrected chi connectivity index (χ0v) is 13.2. The smallest absolute Gasteiger partial charge is 0.257 e. The summed E-state index contributed by atoms with van der Waals surface area (Å²) in [6.45, 7) is 3.24. The highest BCUT2D eigenvalue weighted by atomic mass is 16.5. The second-order valence-corrected chi connectivity index (χ2v) is 5.63. The average molecular weight is 308 g/mol. The van der Waals surface area contributed by atoms with E-state index in [9.17, 15) is 9.59 Å². The van der Waals surface area contributed by atoms with Crippen molar-refractivity contribution in [2.45, 2.75) is 38.6 Å². The van der Waals surface area contributed by atoms with E-state index in [2.05, 4.69) is 15.5 Å². The Bertz CT molecular complexity index is 515. The van der Waals surface area contributed by atoms with E-state index in [1.807, 2.05) is 11.8 Å². The summed E-state index contributed by atoms with van der Waals surface area (Å²) in [5, 5.41) is 9.55. The van der Waals surface area contributed by atoms with E-state index in [1.54, 1.807) is 6.20 Å². The van der Waals surface area contributed by atoms with Crippen molar-refractivity contribution in [3.63, 3.8) is 0 Å². The summed E-state index contributed by atoms with van der Waals surface area (Å²) in [7, 11) is 1.49. The molecular formula is C15H24N4O3. The van der Waals surface area contributed by atoms with Gasteiger partial charge in [-0.15, -0.1) is 0 Å². The van der Waals surface area contributed by atoms with Gasteiger partial charge in [0.2, 0.25) is 5.91 Å². The molecule has 2 amide bonds. The number of hydrogen-bond acceptors (Lipinski definition) is 4. The molecule has 1 fully saturated rings. The number of amides is 2. The molecule has 0 unspecified atom stereocenters. The lowest BCUT2D eigenvalue weighted by Gasteiger charge is -2.36. The van der Waals surface area contributed by atoms with Gasteiger partial charge in [-0.2, -0.15) is 5.10 Å². The molecule has 0 radical (unpaired) electrons. The molecule has 2 rings (SSSR count). The van der Waals surface area contributed by atoms with Crippen molar-refractivity contribution in [2.75, 3.05) is 26.8 Å². The minimum Gasteiger partial charge on any atom is -0.375 e. The Labute approximate surface area is 130 Å². The van der Waals surface area contributed by atoms with Gasteiger partial charge in [0.1, 0.15) is 6.61 Å². The summed E-state index contributed by atoms with van der Waals surface area (Å²) in [5.41, 5.74) is 1.43. The maximum Gasteiger partial charge on any atom is 0.257 e. The third-order valence-electron chi connectivity index (χ3n) is 4.02. The Kier molecular flexibility index (Phi) is 5.94. The number of aryl methyl sites for hydroxylation is 1. The molecule has 0 bridgehead atoms. The van der Waals surface area contributed by atoms with E-state index in [0.717, 1.165) is 37.9 Å². The second kappa shape index (κ2) is 7.93. The lowest BCUT2D eigenvalue weighted by atomic mass is 9.98. The van der Waals surface area contributed by atoms with Crippen LogP contribution in [-0.2, 0) is 9.53 Å². The lowest BCUT2D eigenvalue weighted by molar-refractivity contribution is -0.124. The number of methoxy groups -OCH3 is 1. The van der Waals surface area contributed by atoms with Crippen LogP contribution in [0.3, 0.4) is 0 Å². The van der Waals surface area contributed by atoms with Crippen molar-refractivity contribution >= 4 is 11.8 Å². The Hall–Kier alpha value is -1.89. The monoisotopic (exact) mass is 308 g/mol. The van der Waals surface area contributed by atoms with Crippen LogP contribution in [0.5, 0.6) is 0 Å². The van der Waals surface area contributed by atoms with Crippen LogP contribution in [0.2, 0.25) is 0 Å². The number of aromatic amines is 1. The summed E-state index contributed by atoms with van der Waals surface area (Å²) >= 11 is 0. The molecule has 0 spiro atoms. The highest BCUT2D eigenvalue weighted by Gasteiger charge is 2.28. The van der Waals surface area contributed by atoms with Crippen LogP contribution >= 0.6 is 0 Å². The van der Waals surface area contributed by atoms with Crippen molar-refractivity contribution in [3.8, 4) is 0 Å². The Balaban J connectivity index is 1.92. The van der Waals surface area contributed by atoms with Gasteiger partial charge in [0.15, 0.2) is 0 Å². The SMILES string of the molecule is COCC(=O)NCC[C@H]1CCCCN1C(=O)c1cn[nH]c1C. The van der Waals surface area contributed by atoms with Gasteiger partial charge in [0, 0.05) is 31.9 Å². The fourth-order valence-electron chi connectivity index (χ4n) is 2.85. The van der Waals surface area contributed by atoms with Crippen LogP contribution in [0.25, 0.3) is 0 Å². The first-order valence-corrected chi connectivity index (χ1v) is 7.70. The normalized spacial score (nSPS) is 18.3. The molecular weight excluding hydrogens is 284 g/mol. The van der Waals surface area contributed by atoms with Gasteiger partial charge in [-0.05, 0) is 32.6 Å². The minimum absolute atomic E-state index is 0.0270. The van der Waals surface area contributed by atoms with Gasteiger partial charge in [-0.3, -0.25) is 14.7 Å². The van der Waals surface area contributed by atoms with Crippen molar-refractivity contribution < 1.29 is 14.3 Å². The third kappa shape index (κ3) is 4.07. The minimum atomic E-state index is -0.123. The Morgan fingerprint density at radius 1 is 1.50 bits per heavy atom. The van der Waals surface area contributed by atoms with Gasteiger partial charge >= 0.3 is 0 Å². The number of nitrogens with zero attached hydrogens (tertiary/aromatic N) is 2. The molecule has 7 heteroatoms. The number of H-pyrrole nitrogens is 1. The van der Waals surface area contributed by atoms with Crippen LogP contribution in [0.15, 0.2) is 6.20 Å². The average Bonchev–Trinajstić information content (AvgIpc) is 2.93. The first kappa shape index (κ1) is 16.5. The Morgan fingerprint density at radius 2 is 2.32 bits per heavy atom. The molecule has 0 saturated carbocycles. The van der Waals surface area contributed by atoms with E-state index < -0.39 is 0 Å². The molecule has 7 nitrogen and oxygen atoms in total. The molecule has 22 heavy (non-hydrogen) atoms. The largest absolute Gasteiger partial charge is 0.375 e. The maximum absolute atomic E-state index is 12.7. The first-order chi connectivity index (χ1) is 10.6. The molecule has 1 aliphatic heterocycles. The number of likely N-dealkylation sites (tertiary alicyclic amines) is 1. The Morgan fingerprint density at radius 3 is 3.00 bits per heavy atom. The molecule has 1 saturated heterocycles. The van der Waals surface area contributed by atoms with Crippen molar-refractivity contribution in [1.29, 1.82) is 0 Å². The van der Waals surface area contributed by atoms with E-state index in [0.29, 0.717) is 12.1 Å². The standard InChI is InChI=1S/C15H24N4O3/c1-11-13(9-17-18-11)15(21)19-8-4-3-5-12(19)6-7-16-14(20)10-22-2/h9,12H,3-8,10H2,1-2H3,(H,16,20)(H,17,18)/t12-/m1/s1. The zero-order chi connectivity index (χ0) is 15.9. The van der Waals surface area contributed by atoms with Gasteiger partial charge in [0.05, 0.1) is 11.8 Å². The molecule has 1 atom stereocenters. The summed E-state index contributed by atoms with van der Waals surface area (Å²) in [6, 6.07) is 0.165. The maximum atomic E-state index is 12.7. The molecule has 122 valence electrons. The van der Waals surface area contributed by atoms with Crippen LogP contribution in [0, 0.1) is 6.92 Å². The van der Waals surface area contributed by atoms with Crippen LogP contribution in [0.4, 0.5) is 0 Å². The molecule has 2 N–H and O–H groups in total. The zero-order valence-electron chi connectivity index (χ0n) is 13.2. The van der Waals surface area contributed by atoms with Gasteiger partial charge in [0.25, 0.3) is 5.91 Å². The van der Waals surface area contributed by atoms with Gasteiger partial charge < -0.3 is 15.0 Å². The van der Waals surface area contributed by atoms with Gasteiger partial charge in [-0.25, -0.2) is 0 Å². The summed E-state index contributed by atoms with van der Waals surface area (Å²) < 4.78 is 4.78. The predicted octanol–water partition coefficient (Wildman–Crippen LogP) is 0.866. The van der Waals surface area contributed by atoms with E-state index >= 15 is 0 Å². The van der Waals surface area contributed by atoms with Crippen molar-refractivity contribution in [3.05, 3.63) is 17.5 Å². The topological polar surface area (TPSA) is 87.3 Å². The first-order valence-electron chi connectivity index (χ1n) is 7.70. The number of carbonyl (C=O) groups is 2. The second-order valence-electron chi connectivity index (χ2n) is 5.63. The van der Waals surface area contributed by atoms with E-state index in [1.165, 1.54) is 7.11 Å². The van der Waals surface area contributed by atoms with Crippen LogP contribution < -0.4 is 5.32 Å². The number of hydrogen-bond donors (Lipinski definition) is 2. The number of aromatic nitrogens is 2. The summed E-state index contributed by atoms with van der Waals surface area (Å²) in [5.74, 6) is -0.0963. The quantitative estimate of drug-likeness (QED) is 0.816. The number of ether oxygens (including phenoxy) is 1. The summed E-state index contributed by atoms with van der Waals surface area (Å²) in [6.07, 6.45) is 5.46. The molecule has 0 aliphatic carbocycles. The number of carbonyl (C=O) groups excluding carboxylic acids is 2. The summed E-state index contributed by atoms with van der Waals surface area (Å²) in [4.78, 5) is 26.0. The molecule has 1 aliphatic rings. The number of rotatable bonds is 6. The number of nitrogens with one attached hydrogen (secondary N) is 2.